The maximum Gasteiger partial charge on any atom is 0.120 e. The Kier molecular flexibility index (Phi) is 3.72. The third kappa shape index (κ3) is 3.17. The smallest absolute Gasteiger partial charge is 0.120 e. The summed E-state index contributed by atoms with van der Waals surface area (Å²) in [5.41, 5.74) is 0. The Morgan fingerprint density at radius 1 is 1.25 bits per heavy atom. The molecule has 4 nitrogen and oxygen atoms in total. The summed E-state index contributed by atoms with van der Waals surface area (Å²) < 4.78 is 0. The van der Waals surface area contributed by atoms with Gasteiger partial charge >= 0.3 is 0 Å². The fourth-order valence-corrected chi connectivity index (χ4v) is 2.16. The number of likely N-dealkylation sites (tertiary alicyclic amines) is 1. The second kappa shape index (κ2) is 5.25. The van der Waals surface area contributed by atoms with Gasteiger partial charge in [-0.3, -0.25) is 5.41 Å². The van der Waals surface area contributed by atoms with Crippen LogP contribution in [0.25, 0.3) is 0 Å². The Bertz CT molecular complexity index is 293. The number of piperidine rings is 1. The maximum absolute atomic E-state index is 7.88. The molecule has 0 radical (unpaired) electrons. The van der Waals surface area contributed by atoms with Crippen LogP contribution in [0.2, 0.25) is 0 Å². The van der Waals surface area contributed by atoms with E-state index in [9.17, 15) is 0 Å². The minimum Gasteiger partial charge on any atom is -0.356 e. The average molecular weight is 220 g/mol. The van der Waals surface area contributed by atoms with E-state index in [1.165, 1.54) is 25.5 Å². The van der Waals surface area contributed by atoms with Gasteiger partial charge in [-0.25, -0.2) is 0 Å². The molecule has 0 aromatic carbocycles. The van der Waals surface area contributed by atoms with E-state index >= 15 is 0 Å². The van der Waals surface area contributed by atoms with Crippen molar-refractivity contribution in [3.8, 4) is 0 Å². The lowest BCUT2D eigenvalue weighted by atomic mass is 10.1. The molecule has 0 aromatic heterocycles. The molecule has 88 valence electrons. The lowest BCUT2D eigenvalue weighted by Gasteiger charge is -2.34. The predicted octanol–water partition coefficient (Wildman–Crippen LogP) is 1.39. The monoisotopic (exact) mass is 220 g/mol. The lowest BCUT2D eigenvalue weighted by molar-refractivity contribution is 0.274. The first-order valence-corrected chi connectivity index (χ1v) is 6.06. The van der Waals surface area contributed by atoms with Gasteiger partial charge in [-0.05, 0) is 37.8 Å². The van der Waals surface area contributed by atoms with Crippen LogP contribution in [0.4, 0.5) is 0 Å². The molecule has 4 heteroatoms. The molecule has 2 fully saturated rings. The summed E-state index contributed by atoms with van der Waals surface area (Å²) in [6.45, 7) is 1.92. The van der Waals surface area contributed by atoms with Crippen LogP contribution in [-0.4, -0.2) is 42.1 Å². The highest BCUT2D eigenvalue weighted by Crippen LogP contribution is 2.22. The van der Waals surface area contributed by atoms with Crippen LogP contribution in [0.15, 0.2) is 12.2 Å². The number of nitrogens with zero attached hydrogens (tertiary/aromatic N) is 1. The van der Waals surface area contributed by atoms with Gasteiger partial charge in [0.25, 0.3) is 0 Å². The highest BCUT2D eigenvalue weighted by molar-refractivity contribution is 5.93. The molecular weight excluding hydrogens is 200 g/mol. The first-order valence-electron chi connectivity index (χ1n) is 6.06. The summed E-state index contributed by atoms with van der Waals surface area (Å²) >= 11 is 0. The molecule has 1 unspecified atom stereocenters. The number of hydrogen-bond acceptors (Lipinski definition) is 3. The molecule has 1 heterocycles. The molecule has 0 amide bonds. The van der Waals surface area contributed by atoms with E-state index in [0.29, 0.717) is 11.9 Å². The molecule has 16 heavy (non-hydrogen) atoms. The second-order valence-electron chi connectivity index (χ2n) is 4.64. The van der Waals surface area contributed by atoms with Gasteiger partial charge in [-0.2, -0.15) is 0 Å². The van der Waals surface area contributed by atoms with Gasteiger partial charge in [-0.1, -0.05) is 0 Å². The predicted molar refractivity (Wildman–Crippen MR) is 66.4 cm³/mol. The normalized spacial score (nSPS) is 26.0. The van der Waals surface area contributed by atoms with Crippen LogP contribution < -0.4 is 5.32 Å². The Morgan fingerprint density at radius 3 is 2.75 bits per heavy atom. The van der Waals surface area contributed by atoms with Gasteiger partial charge < -0.3 is 15.6 Å². The van der Waals surface area contributed by atoms with Crippen molar-refractivity contribution < 1.29 is 0 Å². The zero-order valence-corrected chi connectivity index (χ0v) is 9.58. The van der Waals surface area contributed by atoms with Crippen molar-refractivity contribution in [2.75, 3.05) is 13.1 Å². The molecular formula is C12H20N4. The average Bonchev–Trinajstić information content (AvgIpc) is 3.10. The minimum atomic E-state index is 0.533. The van der Waals surface area contributed by atoms with Crippen molar-refractivity contribution in [3.05, 3.63) is 12.2 Å². The summed E-state index contributed by atoms with van der Waals surface area (Å²) in [7, 11) is 0. The van der Waals surface area contributed by atoms with E-state index in [2.05, 4.69) is 10.2 Å². The van der Waals surface area contributed by atoms with Crippen molar-refractivity contribution in [3.63, 3.8) is 0 Å². The minimum absolute atomic E-state index is 0.533. The highest BCUT2D eigenvalue weighted by Gasteiger charge is 2.27. The quantitative estimate of drug-likeness (QED) is 0.495. The number of amidine groups is 1. The van der Waals surface area contributed by atoms with Crippen molar-refractivity contribution in [1.82, 2.24) is 10.2 Å². The largest absolute Gasteiger partial charge is 0.356 e. The van der Waals surface area contributed by atoms with Crippen LogP contribution in [-0.2, 0) is 0 Å². The molecule has 1 atom stereocenters. The van der Waals surface area contributed by atoms with E-state index in [4.69, 9.17) is 10.8 Å². The van der Waals surface area contributed by atoms with Crippen LogP contribution in [0.1, 0.15) is 25.7 Å². The van der Waals surface area contributed by atoms with Gasteiger partial charge in [0.15, 0.2) is 0 Å². The van der Waals surface area contributed by atoms with Gasteiger partial charge in [0.1, 0.15) is 5.84 Å². The standard InChI is InChI=1S/C12H20N4/c13-7-1-4-12(14)16-8-2-3-11(9-16)15-10-5-6-10/h1,4,7,10-11,13-15H,2-3,5-6,8-9H2/b4-1-,13-7?,14-12?. The maximum atomic E-state index is 7.88. The number of hydrogen-bond donors (Lipinski definition) is 3. The fourth-order valence-electron chi connectivity index (χ4n) is 2.16. The van der Waals surface area contributed by atoms with E-state index in [1.807, 2.05) is 0 Å². The SMILES string of the molecule is N=C/C=C\C(=N)N1CCCC(NC2CC2)C1. The third-order valence-electron chi connectivity index (χ3n) is 3.16. The zero-order valence-electron chi connectivity index (χ0n) is 9.58. The lowest BCUT2D eigenvalue weighted by Crippen LogP contribution is -2.48. The summed E-state index contributed by atoms with van der Waals surface area (Å²) in [6, 6.07) is 1.30. The van der Waals surface area contributed by atoms with Crippen molar-refractivity contribution in [2.45, 2.75) is 37.8 Å². The topological polar surface area (TPSA) is 63.0 Å². The molecule has 2 rings (SSSR count). The molecule has 3 N–H and O–H groups in total. The Hall–Kier alpha value is -1.16. The fraction of sp³-hybridized carbons (Fsp3) is 0.667. The summed E-state index contributed by atoms with van der Waals surface area (Å²) in [4.78, 5) is 2.10. The van der Waals surface area contributed by atoms with Crippen LogP contribution in [0, 0.1) is 10.8 Å². The molecule has 1 aliphatic carbocycles. The first kappa shape index (κ1) is 11.3. The van der Waals surface area contributed by atoms with Crippen LogP contribution >= 0.6 is 0 Å². The molecule has 0 spiro atoms. The molecule has 2 aliphatic rings. The number of nitrogens with one attached hydrogen (secondary N) is 3. The van der Waals surface area contributed by atoms with Gasteiger partial charge in [0.2, 0.25) is 0 Å². The van der Waals surface area contributed by atoms with Crippen LogP contribution in [0.5, 0.6) is 0 Å². The summed E-state index contributed by atoms with van der Waals surface area (Å²) in [6.07, 6.45) is 9.56. The molecule has 0 aromatic rings. The number of allylic oxidation sites excluding steroid dienone is 1. The van der Waals surface area contributed by atoms with E-state index in [1.54, 1.807) is 12.2 Å². The van der Waals surface area contributed by atoms with E-state index in [-0.39, 0.29) is 0 Å². The van der Waals surface area contributed by atoms with E-state index in [0.717, 1.165) is 25.6 Å². The highest BCUT2D eigenvalue weighted by atomic mass is 15.2. The van der Waals surface area contributed by atoms with Crippen molar-refractivity contribution in [1.29, 1.82) is 10.8 Å². The Balaban J connectivity index is 1.82. The first-order chi connectivity index (χ1) is 7.79. The summed E-state index contributed by atoms with van der Waals surface area (Å²) in [5, 5.41) is 18.4. The second-order valence-corrected chi connectivity index (χ2v) is 4.64. The molecule has 1 saturated carbocycles. The zero-order chi connectivity index (χ0) is 11.4. The number of rotatable bonds is 4. The van der Waals surface area contributed by atoms with Crippen LogP contribution in [0.3, 0.4) is 0 Å². The third-order valence-corrected chi connectivity index (χ3v) is 3.16. The van der Waals surface area contributed by atoms with Gasteiger partial charge in [0, 0.05) is 31.4 Å². The van der Waals surface area contributed by atoms with Gasteiger partial charge in [0.05, 0.1) is 0 Å². The Morgan fingerprint density at radius 2 is 2.06 bits per heavy atom. The van der Waals surface area contributed by atoms with Gasteiger partial charge in [-0.15, -0.1) is 0 Å². The molecule has 1 aliphatic heterocycles. The van der Waals surface area contributed by atoms with Crippen molar-refractivity contribution in [2.24, 2.45) is 0 Å². The molecule has 1 saturated heterocycles. The summed E-state index contributed by atoms with van der Waals surface area (Å²) in [5.74, 6) is 0.533. The Labute approximate surface area is 96.7 Å². The molecule has 0 bridgehead atoms. The van der Waals surface area contributed by atoms with E-state index < -0.39 is 0 Å². The van der Waals surface area contributed by atoms with Crippen molar-refractivity contribution >= 4 is 12.1 Å².